The molecule has 2 aromatic carbocycles. The summed E-state index contributed by atoms with van der Waals surface area (Å²) in [5.74, 6) is 0.284. The van der Waals surface area contributed by atoms with Crippen LogP contribution in [-0.4, -0.2) is 14.2 Å². The van der Waals surface area contributed by atoms with Crippen molar-refractivity contribution in [2.45, 2.75) is 10.9 Å². The molecule has 6 heteroatoms. The van der Waals surface area contributed by atoms with Gasteiger partial charge in [0.15, 0.2) is 5.16 Å². The van der Waals surface area contributed by atoms with Crippen molar-refractivity contribution in [2.24, 2.45) is 0 Å². The Labute approximate surface area is 123 Å². The molecule has 0 spiro atoms. The van der Waals surface area contributed by atoms with E-state index in [4.69, 9.17) is 17.3 Å². The molecule has 3 aromatic rings. The van der Waals surface area contributed by atoms with Crippen molar-refractivity contribution in [3.05, 3.63) is 53.1 Å². The van der Waals surface area contributed by atoms with Crippen molar-refractivity contribution >= 4 is 39.1 Å². The number of aromatic amines is 1. The predicted molar refractivity (Wildman–Crippen MR) is 82.1 cm³/mol. The van der Waals surface area contributed by atoms with Gasteiger partial charge >= 0.3 is 0 Å². The molecule has 0 saturated carbocycles. The van der Waals surface area contributed by atoms with E-state index in [1.165, 1.54) is 0 Å². The van der Waals surface area contributed by atoms with Crippen LogP contribution in [0.25, 0.3) is 11.0 Å². The SMILES string of the molecule is Nc1ccc(Cl)cc1CS(=O)c1nc2ccccc2[nH]1. The summed E-state index contributed by atoms with van der Waals surface area (Å²) in [6.07, 6.45) is 0. The molecule has 1 unspecified atom stereocenters. The lowest BCUT2D eigenvalue weighted by Crippen LogP contribution is -2.02. The monoisotopic (exact) mass is 305 g/mol. The van der Waals surface area contributed by atoms with Crippen LogP contribution in [0, 0.1) is 0 Å². The summed E-state index contributed by atoms with van der Waals surface area (Å²) >= 11 is 5.93. The van der Waals surface area contributed by atoms with Crippen LogP contribution in [0.3, 0.4) is 0 Å². The molecule has 1 heterocycles. The number of hydrogen-bond donors (Lipinski definition) is 2. The number of anilines is 1. The Morgan fingerprint density at radius 3 is 2.85 bits per heavy atom. The van der Waals surface area contributed by atoms with Crippen LogP contribution in [0.5, 0.6) is 0 Å². The number of halogens is 1. The summed E-state index contributed by atoms with van der Waals surface area (Å²) in [7, 11) is -1.29. The van der Waals surface area contributed by atoms with Crippen LogP contribution >= 0.6 is 11.6 Å². The maximum atomic E-state index is 12.4. The number of para-hydroxylation sites is 2. The summed E-state index contributed by atoms with van der Waals surface area (Å²) in [5.41, 5.74) is 8.88. The van der Waals surface area contributed by atoms with Crippen LogP contribution in [0.15, 0.2) is 47.6 Å². The minimum absolute atomic E-state index is 0.284. The third-order valence-electron chi connectivity index (χ3n) is 2.97. The van der Waals surface area contributed by atoms with Gasteiger partial charge in [0.25, 0.3) is 0 Å². The minimum Gasteiger partial charge on any atom is -0.398 e. The van der Waals surface area contributed by atoms with E-state index in [0.29, 0.717) is 15.9 Å². The molecule has 4 nitrogen and oxygen atoms in total. The summed E-state index contributed by atoms with van der Waals surface area (Å²) in [4.78, 5) is 7.40. The number of nitrogens with two attached hydrogens (primary N) is 1. The number of rotatable bonds is 3. The Bertz CT molecular complexity index is 767. The van der Waals surface area contributed by atoms with Crippen LogP contribution in [0.4, 0.5) is 5.69 Å². The highest BCUT2D eigenvalue weighted by atomic mass is 35.5. The second-order valence-electron chi connectivity index (χ2n) is 4.39. The molecular formula is C14H12ClN3OS. The van der Waals surface area contributed by atoms with Gasteiger partial charge in [-0.15, -0.1) is 0 Å². The van der Waals surface area contributed by atoms with Gasteiger partial charge in [0.05, 0.1) is 27.6 Å². The van der Waals surface area contributed by atoms with Gasteiger partial charge in [-0.05, 0) is 35.9 Å². The molecule has 0 amide bonds. The molecule has 1 aromatic heterocycles. The predicted octanol–water partition coefficient (Wildman–Crippen LogP) is 3.11. The number of benzene rings is 2. The fourth-order valence-electron chi connectivity index (χ4n) is 1.95. The van der Waals surface area contributed by atoms with E-state index in [2.05, 4.69) is 9.97 Å². The maximum Gasteiger partial charge on any atom is 0.197 e. The maximum absolute atomic E-state index is 12.4. The molecule has 20 heavy (non-hydrogen) atoms. The van der Waals surface area contributed by atoms with E-state index < -0.39 is 10.8 Å². The van der Waals surface area contributed by atoms with Crippen molar-refractivity contribution in [1.29, 1.82) is 0 Å². The standard InChI is InChI=1S/C14H12ClN3OS/c15-10-5-6-11(16)9(7-10)8-20(19)14-17-12-3-1-2-4-13(12)18-14/h1-7H,8,16H2,(H,17,18). The van der Waals surface area contributed by atoms with Crippen LogP contribution in [-0.2, 0) is 16.6 Å². The minimum atomic E-state index is -1.29. The number of nitrogens with zero attached hydrogens (tertiary/aromatic N) is 1. The molecule has 0 saturated heterocycles. The highest BCUT2D eigenvalue weighted by Crippen LogP contribution is 2.21. The second-order valence-corrected chi connectivity index (χ2v) is 6.19. The molecule has 0 fully saturated rings. The van der Waals surface area contributed by atoms with Gasteiger partial charge in [-0.3, -0.25) is 4.21 Å². The number of H-pyrrole nitrogens is 1. The van der Waals surface area contributed by atoms with E-state index in [0.717, 1.165) is 16.6 Å². The zero-order chi connectivity index (χ0) is 14.1. The Balaban J connectivity index is 1.90. The van der Waals surface area contributed by atoms with Gasteiger partial charge in [-0.2, -0.15) is 0 Å². The normalized spacial score (nSPS) is 12.7. The fraction of sp³-hybridized carbons (Fsp3) is 0.0714. The Morgan fingerprint density at radius 1 is 1.25 bits per heavy atom. The molecule has 0 aliphatic rings. The number of hydrogen-bond acceptors (Lipinski definition) is 3. The lowest BCUT2D eigenvalue weighted by molar-refractivity contribution is 0.677. The summed E-state index contributed by atoms with van der Waals surface area (Å²) in [5, 5.41) is 1.03. The fourth-order valence-corrected chi connectivity index (χ4v) is 3.23. The van der Waals surface area contributed by atoms with E-state index in [1.807, 2.05) is 24.3 Å². The van der Waals surface area contributed by atoms with Crippen LogP contribution in [0.2, 0.25) is 5.02 Å². The van der Waals surface area contributed by atoms with Gasteiger partial charge in [-0.25, -0.2) is 4.98 Å². The van der Waals surface area contributed by atoms with Crippen molar-refractivity contribution in [2.75, 3.05) is 5.73 Å². The molecule has 3 rings (SSSR count). The molecule has 0 aliphatic heterocycles. The first-order chi connectivity index (χ1) is 9.63. The lowest BCUT2D eigenvalue weighted by atomic mass is 10.2. The van der Waals surface area contributed by atoms with Crippen molar-refractivity contribution in [3.8, 4) is 0 Å². The number of nitrogen functional groups attached to an aromatic ring is 1. The van der Waals surface area contributed by atoms with Crippen molar-refractivity contribution in [3.63, 3.8) is 0 Å². The van der Waals surface area contributed by atoms with Crippen LogP contribution < -0.4 is 5.73 Å². The first kappa shape index (κ1) is 13.1. The average molecular weight is 306 g/mol. The largest absolute Gasteiger partial charge is 0.398 e. The highest BCUT2D eigenvalue weighted by Gasteiger charge is 2.12. The van der Waals surface area contributed by atoms with E-state index in [1.54, 1.807) is 18.2 Å². The number of nitrogens with one attached hydrogen (secondary N) is 1. The summed E-state index contributed by atoms with van der Waals surface area (Å²) in [6.45, 7) is 0. The zero-order valence-electron chi connectivity index (χ0n) is 10.5. The third-order valence-corrected chi connectivity index (χ3v) is 4.41. The quantitative estimate of drug-likeness (QED) is 0.730. The van der Waals surface area contributed by atoms with Gasteiger partial charge in [0.1, 0.15) is 0 Å². The van der Waals surface area contributed by atoms with Gasteiger partial charge in [0, 0.05) is 10.7 Å². The molecule has 0 bridgehead atoms. The molecule has 0 radical (unpaired) electrons. The summed E-state index contributed by atoms with van der Waals surface area (Å²) in [6, 6.07) is 12.7. The van der Waals surface area contributed by atoms with Crippen molar-refractivity contribution in [1.82, 2.24) is 9.97 Å². The second kappa shape index (κ2) is 5.26. The lowest BCUT2D eigenvalue weighted by Gasteiger charge is -2.04. The Morgan fingerprint density at radius 2 is 2.05 bits per heavy atom. The van der Waals surface area contributed by atoms with E-state index >= 15 is 0 Å². The van der Waals surface area contributed by atoms with Gasteiger partial charge < -0.3 is 10.7 Å². The molecule has 0 aliphatic carbocycles. The van der Waals surface area contributed by atoms with Crippen molar-refractivity contribution < 1.29 is 4.21 Å². The van der Waals surface area contributed by atoms with Gasteiger partial charge in [0.2, 0.25) is 0 Å². The average Bonchev–Trinajstić information content (AvgIpc) is 2.87. The van der Waals surface area contributed by atoms with Gasteiger partial charge in [-0.1, -0.05) is 23.7 Å². The smallest absolute Gasteiger partial charge is 0.197 e. The zero-order valence-corrected chi connectivity index (χ0v) is 12.0. The highest BCUT2D eigenvalue weighted by molar-refractivity contribution is 7.84. The molecule has 3 N–H and O–H groups in total. The third kappa shape index (κ3) is 2.55. The van der Waals surface area contributed by atoms with E-state index in [9.17, 15) is 4.21 Å². The van der Waals surface area contributed by atoms with Crippen LogP contribution in [0.1, 0.15) is 5.56 Å². The Hall–Kier alpha value is -1.85. The molecule has 102 valence electrons. The Kier molecular flexibility index (Phi) is 3.46. The number of fused-ring (bicyclic) bond motifs is 1. The molecular weight excluding hydrogens is 294 g/mol. The topological polar surface area (TPSA) is 71.8 Å². The number of imidazole rings is 1. The number of aromatic nitrogens is 2. The first-order valence-corrected chi connectivity index (χ1v) is 7.70. The summed E-state index contributed by atoms with van der Waals surface area (Å²) < 4.78 is 12.4. The van der Waals surface area contributed by atoms with E-state index in [-0.39, 0.29) is 5.75 Å². The molecule has 1 atom stereocenters. The first-order valence-electron chi connectivity index (χ1n) is 6.00.